The summed E-state index contributed by atoms with van der Waals surface area (Å²) < 4.78 is 27.3. The molecular formula is C22H31N5O3S. The van der Waals surface area contributed by atoms with Crippen LogP contribution < -0.4 is 5.32 Å². The Kier molecular flexibility index (Phi) is 5.77. The number of fused-ring (bicyclic) bond motifs is 1. The number of hydrogen-bond donors (Lipinski definition) is 1. The quantitative estimate of drug-likeness (QED) is 0.648. The predicted octanol–water partition coefficient (Wildman–Crippen LogP) is 3.47. The summed E-state index contributed by atoms with van der Waals surface area (Å²) in [5, 5.41) is 7.69. The summed E-state index contributed by atoms with van der Waals surface area (Å²) in [4.78, 5) is 17.5. The molecule has 31 heavy (non-hydrogen) atoms. The van der Waals surface area contributed by atoms with Crippen LogP contribution >= 0.6 is 0 Å². The first-order valence-corrected chi connectivity index (χ1v) is 12.2. The van der Waals surface area contributed by atoms with Gasteiger partial charge in [-0.3, -0.25) is 4.79 Å². The van der Waals surface area contributed by atoms with E-state index in [4.69, 9.17) is 5.10 Å². The van der Waals surface area contributed by atoms with Crippen molar-refractivity contribution >= 4 is 32.6 Å². The molecule has 1 aromatic carbocycles. The fraction of sp³-hybridized carbons (Fsp3) is 0.500. The van der Waals surface area contributed by atoms with Crippen molar-refractivity contribution in [2.24, 2.45) is 0 Å². The van der Waals surface area contributed by atoms with E-state index in [-0.39, 0.29) is 29.2 Å². The fourth-order valence-corrected chi connectivity index (χ4v) is 4.01. The first-order chi connectivity index (χ1) is 14.1. The lowest BCUT2D eigenvalue weighted by Crippen LogP contribution is -2.28. The van der Waals surface area contributed by atoms with Gasteiger partial charge in [0, 0.05) is 17.7 Å². The molecule has 168 valence electrons. The second-order valence-corrected chi connectivity index (χ2v) is 12.1. The number of carbonyl (C=O) groups is 1. The van der Waals surface area contributed by atoms with Crippen LogP contribution in [0.5, 0.6) is 0 Å². The summed E-state index contributed by atoms with van der Waals surface area (Å²) in [7, 11) is -3.31. The maximum atomic E-state index is 13.0. The molecule has 8 nitrogen and oxygen atoms in total. The number of benzene rings is 1. The molecule has 2 aromatic heterocycles. The van der Waals surface area contributed by atoms with Crippen LogP contribution in [-0.4, -0.2) is 39.9 Å². The number of imidazole rings is 1. The molecule has 0 spiro atoms. The predicted molar refractivity (Wildman–Crippen MR) is 123 cm³/mol. The Labute approximate surface area is 183 Å². The summed E-state index contributed by atoms with van der Waals surface area (Å²) in [6.45, 7) is 12.2. The summed E-state index contributed by atoms with van der Waals surface area (Å²) in [5.74, 6) is 0.446. The van der Waals surface area contributed by atoms with Gasteiger partial charge in [0.05, 0.1) is 22.3 Å². The van der Waals surface area contributed by atoms with Gasteiger partial charge >= 0.3 is 0 Å². The lowest BCUT2D eigenvalue weighted by molar-refractivity contribution is -0.116. The Bertz CT molecular complexity index is 1220. The highest BCUT2D eigenvalue weighted by Gasteiger charge is 2.26. The average Bonchev–Trinajstić information content (AvgIpc) is 3.15. The summed E-state index contributed by atoms with van der Waals surface area (Å²) in [6.07, 6.45) is 1.16. The maximum absolute atomic E-state index is 13.0. The third-order valence-electron chi connectivity index (χ3n) is 4.81. The molecule has 0 fully saturated rings. The van der Waals surface area contributed by atoms with Crippen LogP contribution in [-0.2, 0) is 37.9 Å². The molecule has 3 rings (SSSR count). The molecule has 0 aliphatic heterocycles. The normalized spacial score (nSPS) is 13.0. The number of nitrogens with zero attached hydrogens (tertiary/aromatic N) is 4. The highest BCUT2D eigenvalue weighted by atomic mass is 32.2. The van der Waals surface area contributed by atoms with Crippen molar-refractivity contribution in [3.8, 4) is 0 Å². The van der Waals surface area contributed by atoms with Crippen LogP contribution in [0.15, 0.2) is 30.3 Å². The van der Waals surface area contributed by atoms with E-state index in [2.05, 4.69) is 31.1 Å². The average molecular weight is 446 g/mol. The molecule has 1 amide bonds. The second-order valence-electron chi connectivity index (χ2n) is 9.97. The summed E-state index contributed by atoms with van der Waals surface area (Å²) in [6, 6.07) is 9.21. The number of para-hydroxylation sites is 2. The number of anilines is 1. The number of sulfone groups is 1. The molecule has 0 atom stereocenters. The first-order valence-electron chi connectivity index (χ1n) is 10.2. The van der Waals surface area contributed by atoms with E-state index in [0.29, 0.717) is 17.2 Å². The largest absolute Gasteiger partial charge is 0.318 e. The van der Waals surface area contributed by atoms with Gasteiger partial charge in [-0.2, -0.15) is 5.10 Å². The number of carbonyl (C=O) groups excluding carboxylic acids is 1. The lowest BCUT2D eigenvalue weighted by Gasteiger charge is -2.23. The van der Waals surface area contributed by atoms with Crippen molar-refractivity contribution in [3.63, 3.8) is 0 Å². The number of nitrogens with one attached hydrogen (secondary N) is 1. The minimum absolute atomic E-state index is 0.0501. The van der Waals surface area contributed by atoms with Crippen LogP contribution in [0.2, 0.25) is 0 Å². The molecule has 2 heterocycles. The van der Waals surface area contributed by atoms with Crippen molar-refractivity contribution in [2.45, 2.75) is 64.8 Å². The van der Waals surface area contributed by atoms with Crippen LogP contribution in [0, 0.1) is 0 Å². The van der Waals surface area contributed by atoms with E-state index >= 15 is 0 Å². The van der Waals surface area contributed by atoms with E-state index in [1.54, 1.807) is 10.6 Å². The number of hydrogen-bond acceptors (Lipinski definition) is 5. The summed E-state index contributed by atoms with van der Waals surface area (Å²) in [5.41, 5.74) is 1.76. The smallest absolute Gasteiger partial charge is 0.245 e. The van der Waals surface area contributed by atoms with E-state index in [1.165, 1.54) is 0 Å². The number of aromatic nitrogens is 4. The van der Waals surface area contributed by atoms with E-state index < -0.39 is 9.84 Å². The van der Waals surface area contributed by atoms with E-state index in [0.717, 1.165) is 17.5 Å². The lowest BCUT2D eigenvalue weighted by atomic mass is 9.92. The minimum atomic E-state index is -3.31. The Balaban J connectivity index is 1.96. The minimum Gasteiger partial charge on any atom is -0.318 e. The first kappa shape index (κ1) is 23.0. The zero-order chi connectivity index (χ0) is 23.2. The zero-order valence-electron chi connectivity index (χ0n) is 19.2. The molecule has 9 heteroatoms. The summed E-state index contributed by atoms with van der Waals surface area (Å²) >= 11 is 0. The molecule has 0 saturated heterocycles. The standard InChI is InChI=1S/C22H31N5O3S/c1-21(2,3)17-12-18(27(25-17)22(4,5)6)24-20(28)13-26-16-11-9-8-10-15(16)23-19(26)14-31(7,29)30/h8-12H,13-14H2,1-7H3,(H,24,28). The monoisotopic (exact) mass is 445 g/mol. The molecule has 0 bridgehead atoms. The van der Waals surface area contributed by atoms with Crippen LogP contribution in [0.3, 0.4) is 0 Å². The topological polar surface area (TPSA) is 98.9 Å². The van der Waals surface area contributed by atoms with Gasteiger partial charge in [-0.25, -0.2) is 18.1 Å². The highest BCUT2D eigenvalue weighted by Crippen LogP contribution is 2.28. The van der Waals surface area contributed by atoms with E-state index in [1.807, 2.05) is 49.7 Å². The van der Waals surface area contributed by atoms with Gasteiger partial charge in [0.1, 0.15) is 23.9 Å². The highest BCUT2D eigenvalue weighted by molar-refractivity contribution is 7.89. The molecule has 1 N–H and O–H groups in total. The van der Waals surface area contributed by atoms with Crippen molar-refractivity contribution in [3.05, 3.63) is 41.9 Å². The van der Waals surface area contributed by atoms with Gasteiger partial charge in [-0.05, 0) is 32.9 Å². The number of amides is 1. The SMILES string of the molecule is CC(C)(C)c1cc(NC(=O)Cn2c(CS(C)(=O)=O)nc3ccccc32)n(C(C)(C)C)n1. The maximum Gasteiger partial charge on any atom is 0.245 e. The molecule has 0 aliphatic carbocycles. The van der Waals surface area contributed by atoms with E-state index in [9.17, 15) is 13.2 Å². The third kappa shape index (κ3) is 5.33. The third-order valence-corrected chi connectivity index (χ3v) is 5.59. The van der Waals surface area contributed by atoms with Gasteiger partial charge in [-0.15, -0.1) is 0 Å². The van der Waals surface area contributed by atoms with Crippen molar-refractivity contribution in [2.75, 3.05) is 11.6 Å². The molecule has 0 unspecified atom stereocenters. The fourth-order valence-electron chi connectivity index (χ4n) is 3.32. The van der Waals surface area contributed by atoms with Crippen LogP contribution in [0.25, 0.3) is 11.0 Å². The second kappa shape index (κ2) is 7.78. The van der Waals surface area contributed by atoms with Crippen LogP contribution in [0.4, 0.5) is 5.82 Å². The van der Waals surface area contributed by atoms with Crippen molar-refractivity contribution in [1.82, 2.24) is 19.3 Å². The number of rotatable bonds is 5. The molecule has 0 aliphatic rings. The van der Waals surface area contributed by atoms with Crippen molar-refractivity contribution in [1.29, 1.82) is 0 Å². The van der Waals surface area contributed by atoms with Gasteiger partial charge in [0.25, 0.3) is 0 Å². The zero-order valence-corrected chi connectivity index (χ0v) is 20.0. The van der Waals surface area contributed by atoms with Crippen LogP contribution in [0.1, 0.15) is 53.1 Å². The molecule has 0 radical (unpaired) electrons. The molecule has 0 saturated carbocycles. The van der Waals surface area contributed by atoms with Crippen molar-refractivity contribution < 1.29 is 13.2 Å². The van der Waals surface area contributed by atoms with Gasteiger partial charge in [0.15, 0.2) is 9.84 Å². The Hall–Kier alpha value is -2.68. The van der Waals surface area contributed by atoms with Gasteiger partial charge in [0.2, 0.25) is 5.91 Å². The Morgan fingerprint density at radius 3 is 2.32 bits per heavy atom. The molecular weight excluding hydrogens is 414 g/mol. The van der Waals surface area contributed by atoms with Gasteiger partial charge in [-0.1, -0.05) is 32.9 Å². The Morgan fingerprint density at radius 2 is 1.74 bits per heavy atom. The Morgan fingerprint density at radius 1 is 1.10 bits per heavy atom. The molecule has 3 aromatic rings. The van der Waals surface area contributed by atoms with Gasteiger partial charge < -0.3 is 9.88 Å².